The molecule has 0 aliphatic carbocycles. The number of rotatable bonds is 4. The lowest BCUT2D eigenvalue weighted by Gasteiger charge is -2.33. The van der Waals surface area contributed by atoms with Crippen LogP contribution in [0.1, 0.15) is 15.9 Å². The fourth-order valence-corrected chi connectivity index (χ4v) is 2.63. The summed E-state index contributed by atoms with van der Waals surface area (Å²) < 4.78 is 24.7. The van der Waals surface area contributed by atoms with Gasteiger partial charge in [0.2, 0.25) is 0 Å². The van der Waals surface area contributed by atoms with Gasteiger partial charge >= 0.3 is 0 Å². The average molecular weight is 329 g/mol. The number of aryl methyl sites for hydroxylation is 1. The molecule has 0 aromatic heterocycles. The van der Waals surface area contributed by atoms with E-state index in [4.69, 9.17) is 9.47 Å². The predicted molar refractivity (Wildman–Crippen MR) is 88.7 cm³/mol. The number of para-hydroxylation sites is 1. The summed E-state index contributed by atoms with van der Waals surface area (Å²) in [6, 6.07) is 13.8. The third kappa shape index (κ3) is 3.92. The quantitative estimate of drug-likeness (QED) is 0.865. The summed E-state index contributed by atoms with van der Waals surface area (Å²) in [7, 11) is 0. The SMILES string of the molecule is Cc1ccc(C(=O)N2CCO[C@@H](COc3ccccc3F)C2)cc1. The molecule has 1 atom stereocenters. The third-order valence-electron chi connectivity index (χ3n) is 3.99. The Morgan fingerprint density at radius 3 is 2.75 bits per heavy atom. The molecule has 126 valence electrons. The van der Waals surface area contributed by atoms with E-state index in [9.17, 15) is 9.18 Å². The lowest BCUT2D eigenvalue weighted by Crippen LogP contribution is -2.47. The minimum Gasteiger partial charge on any atom is -0.488 e. The number of morpholine rings is 1. The molecule has 4 nitrogen and oxygen atoms in total. The molecule has 0 spiro atoms. The van der Waals surface area contributed by atoms with E-state index in [0.717, 1.165) is 5.56 Å². The van der Waals surface area contributed by atoms with Crippen LogP contribution < -0.4 is 4.74 Å². The molecule has 0 bridgehead atoms. The largest absolute Gasteiger partial charge is 0.488 e. The molecule has 1 saturated heterocycles. The Bertz CT molecular complexity index is 702. The van der Waals surface area contributed by atoms with E-state index in [0.29, 0.717) is 25.3 Å². The molecule has 0 N–H and O–H groups in total. The molecule has 24 heavy (non-hydrogen) atoms. The van der Waals surface area contributed by atoms with Gasteiger partial charge in [-0.05, 0) is 31.2 Å². The maximum atomic E-state index is 13.6. The lowest BCUT2D eigenvalue weighted by molar-refractivity contribution is -0.0405. The molecule has 1 aliphatic heterocycles. The molecule has 1 aliphatic rings. The van der Waals surface area contributed by atoms with Crippen molar-refractivity contribution in [3.8, 4) is 5.75 Å². The van der Waals surface area contributed by atoms with Gasteiger partial charge in [-0.2, -0.15) is 0 Å². The van der Waals surface area contributed by atoms with Crippen LogP contribution >= 0.6 is 0 Å². The molecule has 1 fully saturated rings. The van der Waals surface area contributed by atoms with Crippen molar-refractivity contribution < 1.29 is 18.7 Å². The van der Waals surface area contributed by atoms with Gasteiger partial charge in [-0.15, -0.1) is 0 Å². The van der Waals surface area contributed by atoms with Crippen LogP contribution in [-0.2, 0) is 4.74 Å². The number of carbonyl (C=O) groups excluding carboxylic acids is 1. The minimum absolute atomic E-state index is 0.0193. The summed E-state index contributed by atoms with van der Waals surface area (Å²) in [5, 5.41) is 0. The highest BCUT2D eigenvalue weighted by molar-refractivity contribution is 5.94. The van der Waals surface area contributed by atoms with Crippen molar-refractivity contribution in [2.75, 3.05) is 26.3 Å². The summed E-state index contributed by atoms with van der Waals surface area (Å²) in [6.07, 6.45) is -0.271. The number of nitrogens with zero attached hydrogens (tertiary/aromatic N) is 1. The zero-order valence-electron chi connectivity index (χ0n) is 13.6. The second kappa shape index (κ2) is 7.45. The summed E-state index contributed by atoms with van der Waals surface area (Å²) in [6.45, 7) is 3.62. The maximum absolute atomic E-state index is 13.6. The van der Waals surface area contributed by atoms with E-state index >= 15 is 0 Å². The molecule has 0 unspecified atom stereocenters. The molecular formula is C19H20FNO3. The summed E-state index contributed by atoms with van der Waals surface area (Å²) >= 11 is 0. The maximum Gasteiger partial charge on any atom is 0.254 e. The molecule has 3 rings (SSSR count). The Kier molecular flexibility index (Phi) is 5.11. The number of amides is 1. The van der Waals surface area contributed by atoms with Crippen molar-refractivity contribution >= 4 is 5.91 Å². The first kappa shape index (κ1) is 16.5. The van der Waals surface area contributed by atoms with E-state index in [-0.39, 0.29) is 24.4 Å². The van der Waals surface area contributed by atoms with Gasteiger partial charge in [0.15, 0.2) is 11.6 Å². The Balaban J connectivity index is 1.59. The van der Waals surface area contributed by atoms with Crippen molar-refractivity contribution in [1.29, 1.82) is 0 Å². The van der Waals surface area contributed by atoms with Gasteiger partial charge in [0.05, 0.1) is 13.2 Å². The number of benzene rings is 2. The molecule has 2 aromatic carbocycles. The topological polar surface area (TPSA) is 38.8 Å². The van der Waals surface area contributed by atoms with Crippen molar-refractivity contribution in [2.45, 2.75) is 13.0 Å². The lowest BCUT2D eigenvalue weighted by atomic mass is 10.1. The Labute approximate surface area is 140 Å². The van der Waals surface area contributed by atoms with Crippen molar-refractivity contribution in [1.82, 2.24) is 4.90 Å². The summed E-state index contributed by atoms with van der Waals surface area (Å²) in [5.41, 5.74) is 1.78. The third-order valence-corrected chi connectivity index (χ3v) is 3.99. The highest BCUT2D eigenvalue weighted by atomic mass is 19.1. The van der Waals surface area contributed by atoms with E-state index < -0.39 is 5.82 Å². The van der Waals surface area contributed by atoms with Gasteiger partial charge in [0.25, 0.3) is 5.91 Å². The van der Waals surface area contributed by atoms with Crippen LogP contribution in [0, 0.1) is 12.7 Å². The fraction of sp³-hybridized carbons (Fsp3) is 0.316. The van der Waals surface area contributed by atoms with Crippen molar-refractivity contribution in [3.05, 3.63) is 65.5 Å². The minimum atomic E-state index is -0.402. The first-order chi connectivity index (χ1) is 11.6. The average Bonchev–Trinajstić information content (AvgIpc) is 2.61. The first-order valence-corrected chi connectivity index (χ1v) is 7.98. The van der Waals surface area contributed by atoms with Crippen molar-refractivity contribution in [2.24, 2.45) is 0 Å². The van der Waals surface area contributed by atoms with Crippen LogP contribution in [0.2, 0.25) is 0 Å². The second-order valence-electron chi connectivity index (χ2n) is 5.85. The first-order valence-electron chi connectivity index (χ1n) is 7.98. The smallest absolute Gasteiger partial charge is 0.254 e. The van der Waals surface area contributed by atoms with Crippen LogP contribution in [-0.4, -0.2) is 43.2 Å². The van der Waals surface area contributed by atoms with Gasteiger partial charge in [0.1, 0.15) is 12.7 Å². The van der Waals surface area contributed by atoms with E-state index in [2.05, 4.69) is 0 Å². The molecule has 1 heterocycles. The number of hydrogen-bond acceptors (Lipinski definition) is 3. The van der Waals surface area contributed by atoms with Gasteiger partial charge < -0.3 is 14.4 Å². The van der Waals surface area contributed by atoms with Gasteiger partial charge in [-0.1, -0.05) is 29.8 Å². The standard InChI is InChI=1S/C19H20FNO3/c1-14-6-8-15(9-7-14)19(22)21-10-11-23-16(12-21)13-24-18-5-3-2-4-17(18)20/h2-9,16H,10-13H2,1H3/t16-/m1/s1. The van der Waals surface area contributed by atoms with Crippen LogP contribution in [0.4, 0.5) is 4.39 Å². The zero-order valence-corrected chi connectivity index (χ0v) is 13.6. The van der Waals surface area contributed by atoms with Gasteiger partial charge in [0, 0.05) is 12.1 Å². The van der Waals surface area contributed by atoms with Crippen molar-refractivity contribution in [3.63, 3.8) is 0 Å². The number of ether oxygens (including phenoxy) is 2. The number of halogens is 1. The monoisotopic (exact) mass is 329 g/mol. The van der Waals surface area contributed by atoms with Gasteiger partial charge in [-0.3, -0.25) is 4.79 Å². The zero-order chi connectivity index (χ0) is 16.9. The Hall–Kier alpha value is -2.40. The van der Waals surface area contributed by atoms with E-state index in [1.165, 1.54) is 6.07 Å². The van der Waals surface area contributed by atoms with Crippen LogP contribution in [0.25, 0.3) is 0 Å². The normalized spacial score (nSPS) is 17.6. The number of hydrogen-bond donors (Lipinski definition) is 0. The summed E-state index contributed by atoms with van der Waals surface area (Å²) in [4.78, 5) is 14.3. The molecule has 2 aromatic rings. The highest BCUT2D eigenvalue weighted by Crippen LogP contribution is 2.17. The Morgan fingerprint density at radius 2 is 2.00 bits per heavy atom. The van der Waals surface area contributed by atoms with Crippen LogP contribution in [0.15, 0.2) is 48.5 Å². The molecular weight excluding hydrogens is 309 g/mol. The highest BCUT2D eigenvalue weighted by Gasteiger charge is 2.25. The fourth-order valence-electron chi connectivity index (χ4n) is 2.63. The molecule has 5 heteroatoms. The van der Waals surface area contributed by atoms with Crippen LogP contribution in [0.5, 0.6) is 5.75 Å². The molecule has 0 saturated carbocycles. The van der Waals surface area contributed by atoms with E-state index in [1.54, 1.807) is 23.1 Å². The molecule has 1 amide bonds. The molecule has 0 radical (unpaired) electrons. The predicted octanol–water partition coefficient (Wildman–Crippen LogP) is 3.05. The number of carbonyl (C=O) groups is 1. The van der Waals surface area contributed by atoms with Gasteiger partial charge in [-0.25, -0.2) is 4.39 Å². The second-order valence-corrected chi connectivity index (χ2v) is 5.85. The van der Waals surface area contributed by atoms with E-state index in [1.807, 2.05) is 31.2 Å². The van der Waals surface area contributed by atoms with Crippen LogP contribution in [0.3, 0.4) is 0 Å². The Morgan fingerprint density at radius 1 is 1.25 bits per heavy atom. The summed E-state index contributed by atoms with van der Waals surface area (Å²) in [5.74, 6) is -0.224.